The van der Waals surface area contributed by atoms with Gasteiger partial charge in [-0.3, -0.25) is 4.79 Å². The van der Waals surface area contributed by atoms with Crippen LogP contribution in [0, 0.1) is 6.92 Å². The molecule has 0 N–H and O–H groups in total. The Morgan fingerprint density at radius 3 is 2.45 bits per heavy atom. The Hall–Kier alpha value is -0.920. The zero-order valence-corrected chi connectivity index (χ0v) is 15.4. The molecule has 0 spiro atoms. The summed E-state index contributed by atoms with van der Waals surface area (Å²) < 4.78 is 27.9. The first-order valence-electron chi connectivity index (χ1n) is 7.23. The van der Waals surface area contributed by atoms with E-state index in [4.69, 9.17) is 0 Å². The molecule has 122 valence electrons. The molecule has 1 aromatic rings. The number of carbonyl (C=O) groups excluding carboxylic acids is 1. The summed E-state index contributed by atoms with van der Waals surface area (Å²) in [6, 6.07) is 5.40. The number of carbonyl (C=O) groups is 1. The third-order valence-electron chi connectivity index (χ3n) is 4.24. The lowest BCUT2D eigenvalue weighted by Crippen LogP contribution is -2.46. The monoisotopic (exact) mass is 388 g/mol. The second-order valence-electron chi connectivity index (χ2n) is 5.68. The van der Waals surface area contributed by atoms with Crippen LogP contribution in [0.4, 0.5) is 0 Å². The zero-order chi connectivity index (χ0) is 16.5. The van der Waals surface area contributed by atoms with E-state index < -0.39 is 10.0 Å². The topological polar surface area (TPSA) is 57.7 Å². The summed E-state index contributed by atoms with van der Waals surface area (Å²) in [6.07, 6.45) is 1.34. The van der Waals surface area contributed by atoms with E-state index in [9.17, 15) is 13.2 Å². The first-order valence-corrected chi connectivity index (χ1v) is 9.46. The van der Waals surface area contributed by atoms with Crippen molar-refractivity contribution in [2.45, 2.75) is 37.6 Å². The maximum absolute atomic E-state index is 12.8. The quantitative estimate of drug-likeness (QED) is 0.798. The van der Waals surface area contributed by atoms with E-state index in [1.807, 2.05) is 6.07 Å². The molecule has 1 saturated heterocycles. The third-order valence-corrected chi connectivity index (χ3v) is 6.77. The minimum atomic E-state index is -3.48. The van der Waals surface area contributed by atoms with Crippen LogP contribution in [-0.2, 0) is 14.8 Å². The maximum Gasteiger partial charge on any atom is 0.243 e. The van der Waals surface area contributed by atoms with Gasteiger partial charge < -0.3 is 4.90 Å². The molecule has 7 heteroatoms. The van der Waals surface area contributed by atoms with Gasteiger partial charge in [0.2, 0.25) is 15.9 Å². The normalized spacial score (nSPS) is 17.5. The van der Waals surface area contributed by atoms with E-state index >= 15 is 0 Å². The van der Waals surface area contributed by atoms with E-state index in [0.717, 1.165) is 10.0 Å². The van der Waals surface area contributed by atoms with Crippen molar-refractivity contribution < 1.29 is 13.2 Å². The molecule has 1 fully saturated rings. The summed E-state index contributed by atoms with van der Waals surface area (Å²) in [7, 11) is -1.71. The average Bonchev–Trinajstić information content (AvgIpc) is 2.48. The fourth-order valence-corrected chi connectivity index (χ4v) is 4.95. The Balaban J connectivity index is 2.16. The molecule has 0 aromatic heterocycles. The van der Waals surface area contributed by atoms with Crippen LogP contribution in [-0.4, -0.2) is 49.7 Å². The smallest absolute Gasteiger partial charge is 0.243 e. The Labute approximate surface area is 140 Å². The van der Waals surface area contributed by atoms with Crippen LogP contribution in [0.2, 0.25) is 0 Å². The third kappa shape index (κ3) is 3.52. The number of rotatable bonds is 3. The van der Waals surface area contributed by atoms with Gasteiger partial charge in [-0.2, -0.15) is 4.31 Å². The van der Waals surface area contributed by atoms with Crippen LogP contribution in [0.1, 0.15) is 25.3 Å². The van der Waals surface area contributed by atoms with Gasteiger partial charge in [0, 0.05) is 37.6 Å². The van der Waals surface area contributed by atoms with Gasteiger partial charge in [-0.1, -0.05) is 22.0 Å². The van der Waals surface area contributed by atoms with Crippen molar-refractivity contribution in [1.82, 2.24) is 9.21 Å². The van der Waals surface area contributed by atoms with Crippen molar-refractivity contribution in [1.29, 1.82) is 0 Å². The first-order chi connectivity index (χ1) is 10.2. The van der Waals surface area contributed by atoms with Gasteiger partial charge in [-0.05, 0) is 37.5 Å². The highest BCUT2D eigenvalue weighted by Crippen LogP contribution is 2.27. The van der Waals surface area contributed by atoms with Gasteiger partial charge in [-0.15, -0.1) is 0 Å². The molecule has 0 aliphatic carbocycles. The lowest BCUT2D eigenvalue weighted by atomic mass is 10.1. The Bertz CT molecular complexity index is 667. The summed E-state index contributed by atoms with van der Waals surface area (Å²) >= 11 is 3.33. The van der Waals surface area contributed by atoms with Crippen molar-refractivity contribution in [2.75, 3.05) is 20.1 Å². The molecule has 1 aliphatic rings. The molecule has 1 heterocycles. The average molecular weight is 389 g/mol. The summed E-state index contributed by atoms with van der Waals surface area (Å²) in [6.45, 7) is 4.22. The molecule has 0 unspecified atom stereocenters. The molecule has 0 radical (unpaired) electrons. The van der Waals surface area contributed by atoms with E-state index in [0.29, 0.717) is 30.8 Å². The minimum absolute atomic E-state index is 0.0177. The van der Waals surface area contributed by atoms with E-state index in [2.05, 4.69) is 15.9 Å². The Morgan fingerprint density at radius 2 is 1.91 bits per heavy atom. The summed E-state index contributed by atoms with van der Waals surface area (Å²) in [5.74, 6) is 0.0177. The highest BCUT2D eigenvalue weighted by molar-refractivity contribution is 9.10. The lowest BCUT2D eigenvalue weighted by Gasteiger charge is -2.35. The van der Waals surface area contributed by atoms with Gasteiger partial charge in [0.15, 0.2) is 0 Å². The van der Waals surface area contributed by atoms with Crippen LogP contribution >= 0.6 is 15.9 Å². The van der Waals surface area contributed by atoms with Crippen LogP contribution in [0.25, 0.3) is 0 Å². The van der Waals surface area contributed by atoms with Crippen LogP contribution in [0.15, 0.2) is 27.6 Å². The first kappa shape index (κ1) is 17.4. The van der Waals surface area contributed by atoms with E-state index in [-0.39, 0.29) is 11.9 Å². The zero-order valence-electron chi connectivity index (χ0n) is 13.0. The standard InChI is InChI=1S/C15H21BrN2O3S/c1-11-4-5-13(16)10-15(11)22(20,21)18-8-6-14(7-9-18)17(3)12(2)19/h4-5,10,14H,6-9H2,1-3H3. The van der Waals surface area contributed by atoms with Crippen LogP contribution < -0.4 is 0 Å². The van der Waals surface area contributed by atoms with Gasteiger partial charge >= 0.3 is 0 Å². The number of amides is 1. The molecule has 22 heavy (non-hydrogen) atoms. The largest absolute Gasteiger partial charge is 0.343 e. The summed E-state index contributed by atoms with van der Waals surface area (Å²) in [4.78, 5) is 13.5. The van der Waals surface area contributed by atoms with Crippen molar-refractivity contribution in [2.24, 2.45) is 0 Å². The van der Waals surface area contributed by atoms with Crippen molar-refractivity contribution in [3.63, 3.8) is 0 Å². The molecule has 1 aromatic carbocycles. The van der Waals surface area contributed by atoms with Crippen molar-refractivity contribution >= 4 is 31.9 Å². The predicted octanol–water partition coefficient (Wildman–Crippen LogP) is 2.39. The second kappa shape index (κ2) is 6.68. The predicted molar refractivity (Wildman–Crippen MR) is 89.1 cm³/mol. The fourth-order valence-electron chi connectivity index (χ4n) is 2.72. The molecule has 5 nitrogen and oxygen atoms in total. The number of hydrogen-bond acceptors (Lipinski definition) is 3. The van der Waals surface area contributed by atoms with Gasteiger partial charge in [-0.25, -0.2) is 8.42 Å². The van der Waals surface area contributed by atoms with Crippen LogP contribution in [0.5, 0.6) is 0 Å². The molecule has 0 atom stereocenters. The number of nitrogens with zero attached hydrogens (tertiary/aromatic N) is 2. The molecule has 2 rings (SSSR count). The van der Waals surface area contributed by atoms with E-state index in [1.54, 1.807) is 31.0 Å². The lowest BCUT2D eigenvalue weighted by molar-refractivity contribution is -0.130. The highest BCUT2D eigenvalue weighted by atomic mass is 79.9. The second-order valence-corrected chi connectivity index (χ2v) is 8.50. The fraction of sp³-hybridized carbons (Fsp3) is 0.533. The van der Waals surface area contributed by atoms with Crippen molar-refractivity contribution in [3.05, 3.63) is 28.2 Å². The molecule has 0 bridgehead atoms. The maximum atomic E-state index is 12.8. The molecule has 1 aliphatic heterocycles. The summed E-state index contributed by atoms with van der Waals surface area (Å²) in [5.41, 5.74) is 0.742. The summed E-state index contributed by atoms with van der Waals surface area (Å²) in [5, 5.41) is 0. The van der Waals surface area contributed by atoms with Gasteiger partial charge in [0.05, 0.1) is 4.90 Å². The number of halogens is 1. The van der Waals surface area contributed by atoms with Gasteiger partial charge in [0.25, 0.3) is 0 Å². The molecule has 0 saturated carbocycles. The number of hydrogen-bond donors (Lipinski definition) is 0. The number of sulfonamides is 1. The SMILES string of the molecule is CC(=O)N(C)C1CCN(S(=O)(=O)c2cc(Br)ccc2C)CC1. The molecular formula is C15H21BrN2O3S. The number of aryl methyl sites for hydroxylation is 1. The van der Waals surface area contributed by atoms with Crippen molar-refractivity contribution in [3.8, 4) is 0 Å². The van der Waals surface area contributed by atoms with E-state index in [1.165, 1.54) is 11.2 Å². The molecular weight excluding hydrogens is 368 g/mol. The number of benzene rings is 1. The Morgan fingerprint density at radius 1 is 1.32 bits per heavy atom. The van der Waals surface area contributed by atoms with Crippen LogP contribution in [0.3, 0.4) is 0 Å². The van der Waals surface area contributed by atoms with Gasteiger partial charge in [0.1, 0.15) is 0 Å². The number of piperidine rings is 1. The highest BCUT2D eigenvalue weighted by Gasteiger charge is 2.32. The minimum Gasteiger partial charge on any atom is -0.343 e. The molecule has 1 amide bonds. The Kier molecular flexibility index (Phi) is 5.29.